The molecule has 1 spiro atoms. The number of methoxy groups -OCH3 is 1. The van der Waals surface area contributed by atoms with E-state index in [0.717, 1.165) is 32.7 Å². The summed E-state index contributed by atoms with van der Waals surface area (Å²) in [6.07, 6.45) is 10.0. The molecule has 168 valence electrons. The minimum atomic E-state index is -0.110. The lowest BCUT2D eigenvalue weighted by molar-refractivity contribution is -0.0844. The van der Waals surface area contributed by atoms with Crippen LogP contribution in [0, 0.1) is 5.41 Å². The molecule has 31 heavy (non-hydrogen) atoms. The SMILES string of the molecule is COCCn1nccc1C(=O)NCC1CCC2(CCN(Cc3cccnc3)CC2)CO1. The van der Waals surface area contributed by atoms with Crippen LogP contribution >= 0.6 is 0 Å². The zero-order valence-electron chi connectivity index (χ0n) is 18.3. The summed E-state index contributed by atoms with van der Waals surface area (Å²) in [5.41, 5.74) is 2.13. The third-order valence-corrected chi connectivity index (χ3v) is 6.61. The summed E-state index contributed by atoms with van der Waals surface area (Å²) < 4.78 is 13.0. The molecule has 1 unspecified atom stereocenters. The summed E-state index contributed by atoms with van der Waals surface area (Å²) in [4.78, 5) is 19.3. The Labute approximate surface area is 183 Å². The molecule has 2 aromatic heterocycles. The Morgan fingerprint density at radius 1 is 1.29 bits per heavy atom. The maximum absolute atomic E-state index is 12.5. The molecule has 2 aromatic rings. The van der Waals surface area contributed by atoms with Crippen LogP contribution in [0.25, 0.3) is 0 Å². The van der Waals surface area contributed by atoms with Gasteiger partial charge in [0, 0.05) is 38.8 Å². The molecule has 0 aromatic carbocycles. The number of aromatic nitrogens is 3. The van der Waals surface area contributed by atoms with E-state index in [1.165, 1.54) is 24.8 Å². The molecule has 8 nitrogen and oxygen atoms in total. The van der Waals surface area contributed by atoms with Gasteiger partial charge >= 0.3 is 0 Å². The fourth-order valence-corrected chi connectivity index (χ4v) is 4.59. The highest BCUT2D eigenvalue weighted by Crippen LogP contribution is 2.40. The van der Waals surface area contributed by atoms with Crippen molar-refractivity contribution in [2.45, 2.75) is 44.9 Å². The van der Waals surface area contributed by atoms with Crippen LogP contribution in [-0.2, 0) is 22.6 Å². The summed E-state index contributed by atoms with van der Waals surface area (Å²) in [5, 5.41) is 7.21. The van der Waals surface area contributed by atoms with Crippen molar-refractivity contribution in [2.24, 2.45) is 5.41 Å². The molecule has 0 aliphatic carbocycles. The van der Waals surface area contributed by atoms with E-state index >= 15 is 0 Å². The molecule has 1 amide bonds. The zero-order chi connectivity index (χ0) is 21.5. The predicted molar refractivity (Wildman–Crippen MR) is 117 cm³/mol. The lowest BCUT2D eigenvalue weighted by Crippen LogP contribution is -2.47. The normalized spacial score (nSPS) is 21.3. The Morgan fingerprint density at radius 3 is 2.87 bits per heavy atom. The summed E-state index contributed by atoms with van der Waals surface area (Å²) in [5.74, 6) is -0.110. The second-order valence-electron chi connectivity index (χ2n) is 8.75. The number of ether oxygens (including phenoxy) is 2. The number of likely N-dealkylation sites (tertiary alicyclic amines) is 1. The van der Waals surface area contributed by atoms with Crippen LogP contribution in [0.15, 0.2) is 36.8 Å². The van der Waals surface area contributed by atoms with Crippen molar-refractivity contribution in [1.29, 1.82) is 0 Å². The first kappa shape index (κ1) is 21.9. The fraction of sp³-hybridized carbons (Fsp3) is 0.609. The first-order valence-corrected chi connectivity index (χ1v) is 11.2. The van der Waals surface area contributed by atoms with Crippen LogP contribution < -0.4 is 5.32 Å². The molecule has 0 saturated carbocycles. The van der Waals surface area contributed by atoms with E-state index in [1.807, 2.05) is 18.5 Å². The Hall–Kier alpha value is -2.29. The molecule has 1 atom stereocenters. The number of amides is 1. The van der Waals surface area contributed by atoms with Gasteiger partial charge in [0.2, 0.25) is 0 Å². The molecule has 2 aliphatic rings. The number of rotatable bonds is 8. The van der Waals surface area contributed by atoms with Crippen molar-refractivity contribution in [3.63, 3.8) is 0 Å². The minimum Gasteiger partial charge on any atom is -0.383 e. The molecule has 2 fully saturated rings. The number of nitrogens with one attached hydrogen (secondary N) is 1. The number of piperidine rings is 1. The van der Waals surface area contributed by atoms with Gasteiger partial charge in [0.25, 0.3) is 5.91 Å². The van der Waals surface area contributed by atoms with E-state index in [1.54, 1.807) is 24.1 Å². The largest absolute Gasteiger partial charge is 0.383 e. The quantitative estimate of drug-likeness (QED) is 0.695. The van der Waals surface area contributed by atoms with Gasteiger partial charge in [-0.2, -0.15) is 5.10 Å². The fourth-order valence-electron chi connectivity index (χ4n) is 4.59. The van der Waals surface area contributed by atoms with Gasteiger partial charge in [-0.15, -0.1) is 0 Å². The Balaban J connectivity index is 1.19. The Kier molecular flexibility index (Phi) is 7.32. The van der Waals surface area contributed by atoms with Crippen molar-refractivity contribution in [3.05, 3.63) is 48.0 Å². The van der Waals surface area contributed by atoms with Gasteiger partial charge in [-0.05, 0) is 61.9 Å². The highest BCUT2D eigenvalue weighted by Gasteiger charge is 2.38. The highest BCUT2D eigenvalue weighted by atomic mass is 16.5. The van der Waals surface area contributed by atoms with E-state index in [-0.39, 0.29) is 12.0 Å². The van der Waals surface area contributed by atoms with Crippen LogP contribution in [0.3, 0.4) is 0 Å². The maximum atomic E-state index is 12.5. The van der Waals surface area contributed by atoms with Gasteiger partial charge in [-0.3, -0.25) is 19.4 Å². The average Bonchev–Trinajstić information content (AvgIpc) is 3.28. The van der Waals surface area contributed by atoms with E-state index in [0.29, 0.717) is 30.8 Å². The molecule has 1 N–H and O–H groups in total. The Bertz CT molecular complexity index is 823. The van der Waals surface area contributed by atoms with Gasteiger partial charge in [0.15, 0.2) is 0 Å². The molecule has 8 heteroatoms. The number of hydrogen-bond acceptors (Lipinski definition) is 6. The standard InChI is InChI=1S/C23H33N5O3/c1-30-14-13-28-21(5-10-26-28)22(29)25-16-20-4-6-23(18-31-20)7-11-27(12-8-23)17-19-3-2-9-24-15-19/h2-3,5,9-10,15,20H,4,6-8,11-14,16-18H2,1H3,(H,25,29). The molecule has 4 rings (SSSR count). The summed E-state index contributed by atoms with van der Waals surface area (Å²) in [6, 6.07) is 5.88. The van der Waals surface area contributed by atoms with Crippen LogP contribution in [-0.4, -0.2) is 71.6 Å². The van der Waals surface area contributed by atoms with E-state index in [4.69, 9.17) is 9.47 Å². The second kappa shape index (κ2) is 10.3. The molecule has 0 radical (unpaired) electrons. The lowest BCUT2D eigenvalue weighted by Gasteiger charge is -2.45. The molecule has 2 saturated heterocycles. The van der Waals surface area contributed by atoms with Crippen LogP contribution in [0.2, 0.25) is 0 Å². The number of nitrogens with zero attached hydrogens (tertiary/aromatic N) is 4. The number of pyridine rings is 1. The number of carbonyl (C=O) groups excluding carboxylic acids is 1. The molecule has 2 aliphatic heterocycles. The van der Waals surface area contributed by atoms with E-state index < -0.39 is 0 Å². The van der Waals surface area contributed by atoms with Crippen molar-refractivity contribution in [1.82, 2.24) is 25.0 Å². The molecule has 0 bridgehead atoms. The van der Waals surface area contributed by atoms with Crippen LogP contribution in [0.1, 0.15) is 41.7 Å². The summed E-state index contributed by atoms with van der Waals surface area (Å²) >= 11 is 0. The van der Waals surface area contributed by atoms with Crippen molar-refractivity contribution in [3.8, 4) is 0 Å². The second-order valence-corrected chi connectivity index (χ2v) is 8.75. The minimum absolute atomic E-state index is 0.0818. The van der Waals surface area contributed by atoms with E-state index in [2.05, 4.69) is 26.4 Å². The van der Waals surface area contributed by atoms with Crippen LogP contribution in [0.4, 0.5) is 0 Å². The summed E-state index contributed by atoms with van der Waals surface area (Å²) in [6.45, 7) is 5.59. The smallest absolute Gasteiger partial charge is 0.269 e. The number of hydrogen-bond donors (Lipinski definition) is 1. The molecular formula is C23H33N5O3. The third-order valence-electron chi connectivity index (χ3n) is 6.61. The Morgan fingerprint density at radius 2 is 2.16 bits per heavy atom. The first-order chi connectivity index (χ1) is 15.2. The molecular weight excluding hydrogens is 394 g/mol. The van der Waals surface area contributed by atoms with Crippen LogP contribution in [0.5, 0.6) is 0 Å². The van der Waals surface area contributed by atoms with Gasteiger partial charge in [-0.1, -0.05) is 6.07 Å². The zero-order valence-corrected chi connectivity index (χ0v) is 18.3. The van der Waals surface area contributed by atoms with Crippen molar-refractivity contribution < 1.29 is 14.3 Å². The van der Waals surface area contributed by atoms with Crippen molar-refractivity contribution >= 4 is 5.91 Å². The predicted octanol–water partition coefficient (Wildman–Crippen LogP) is 2.12. The van der Waals surface area contributed by atoms with Gasteiger partial charge in [-0.25, -0.2) is 0 Å². The third kappa shape index (κ3) is 5.70. The van der Waals surface area contributed by atoms with Crippen molar-refractivity contribution in [2.75, 3.05) is 40.0 Å². The number of carbonyl (C=O) groups is 1. The average molecular weight is 428 g/mol. The van der Waals surface area contributed by atoms with Gasteiger partial charge < -0.3 is 14.8 Å². The highest BCUT2D eigenvalue weighted by molar-refractivity contribution is 5.92. The maximum Gasteiger partial charge on any atom is 0.269 e. The monoisotopic (exact) mass is 427 g/mol. The van der Waals surface area contributed by atoms with Gasteiger partial charge in [0.05, 0.1) is 25.9 Å². The first-order valence-electron chi connectivity index (χ1n) is 11.2. The topological polar surface area (TPSA) is 81.5 Å². The summed E-state index contributed by atoms with van der Waals surface area (Å²) in [7, 11) is 1.64. The van der Waals surface area contributed by atoms with E-state index in [9.17, 15) is 4.79 Å². The van der Waals surface area contributed by atoms with Gasteiger partial charge in [0.1, 0.15) is 5.69 Å². The molecule has 4 heterocycles. The lowest BCUT2D eigenvalue weighted by atomic mass is 9.73.